The summed E-state index contributed by atoms with van der Waals surface area (Å²) in [6.45, 7) is 0.482. The van der Waals surface area contributed by atoms with Crippen LogP contribution in [0.4, 0.5) is 10.5 Å². The minimum absolute atomic E-state index is 0.0172. The van der Waals surface area contributed by atoms with Crippen molar-refractivity contribution in [3.8, 4) is 5.88 Å². The van der Waals surface area contributed by atoms with E-state index < -0.39 is 5.24 Å². The van der Waals surface area contributed by atoms with Gasteiger partial charge in [-0.3, -0.25) is 14.3 Å². The Bertz CT molecular complexity index is 1160. The number of thiazole rings is 1. The maximum absolute atomic E-state index is 12.3. The van der Waals surface area contributed by atoms with Crippen molar-refractivity contribution in [2.24, 2.45) is 10.2 Å². The highest BCUT2D eigenvalue weighted by Crippen LogP contribution is 2.39. The second-order valence-electron chi connectivity index (χ2n) is 6.35. The average Bonchev–Trinajstić information content (AvgIpc) is 3.19. The summed E-state index contributed by atoms with van der Waals surface area (Å²) in [4.78, 5) is 18.6. The van der Waals surface area contributed by atoms with Gasteiger partial charge >= 0.3 is 5.24 Å². The van der Waals surface area contributed by atoms with Crippen LogP contribution < -0.4 is 0 Å². The minimum atomic E-state index is -0.483. The number of hydrogen-bond acceptors (Lipinski definition) is 7. The summed E-state index contributed by atoms with van der Waals surface area (Å²) in [5.74, 6) is -0.0172. The van der Waals surface area contributed by atoms with Crippen LogP contribution in [0.5, 0.6) is 5.88 Å². The molecular formula is C19H17N5O2S2. The molecule has 0 spiro atoms. The van der Waals surface area contributed by atoms with Gasteiger partial charge in [0.15, 0.2) is 10.0 Å². The molecule has 1 N–H and O–H groups in total. The minimum Gasteiger partial charge on any atom is -0.493 e. The molecule has 2 heterocycles. The van der Waals surface area contributed by atoms with Crippen molar-refractivity contribution in [2.75, 3.05) is 14.1 Å². The standard InChI is InChI=1S/C19H17N5O2S2/c1-23(2)11-24-14-9-5-3-7-12(14)16(17(24)25)21-22-18(26)28-19-20-13-8-4-6-10-15(13)27-19/h3-10,25H,11H2,1-2H3. The summed E-state index contributed by atoms with van der Waals surface area (Å²) >= 11 is 2.36. The fraction of sp³-hybridized carbons (Fsp3) is 0.158. The van der Waals surface area contributed by atoms with Gasteiger partial charge in [0.05, 0.1) is 22.4 Å². The van der Waals surface area contributed by atoms with E-state index >= 15 is 0 Å². The largest absolute Gasteiger partial charge is 0.493 e. The molecule has 0 aliphatic heterocycles. The molecule has 28 heavy (non-hydrogen) atoms. The molecular weight excluding hydrogens is 394 g/mol. The zero-order valence-corrected chi connectivity index (χ0v) is 16.9. The second kappa shape index (κ2) is 7.70. The molecule has 2 aromatic heterocycles. The van der Waals surface area contributed by atoms with Gasteiger partial charge in [-0.1, -0.05) is 35.4 Å². The fourth-order valence-electron chi connectivity index (χ4n) is 2.88. The first-order valence-electron chi connectivity index (χ1n) is 8.47. The van der Waals surface area contributed by atoms with Gasteiger partial charge in [-0.15, -0.1) is 16.5 Å². The number of azo groups is 1. The number of rotatable bonds is 4. The highest BCUT2D eigenvalue weighted by Gasteiger charge is 2.17. The van der Waals surface area contributed by atoms with Crippen molar-refractivity contribution >= 4 is 55.1 Å². The van der Waals surface area contributed by atoms with Crippen LogP contribution in [0.1, 0.15) is 0 Å². The number of carbonyl (C=O) groups is 1. The molecule has 2 aromatic carbocycles. The Kier molecular flexibility index (Phi) is 5.12. The number of amides is 1. The van der Waals surface area contributed by atoms with Gasteiger partial charge in [0.1, 0.15) is 0 Å². The highest BCUT2D eigenvalue weighted by molar-refractivity contribution is 8.14. The fourth-order valence-corrected chi connectivity index (χ4v) is 4.60. The summed E-state index contributed by atoms with van der Waals surface area (Å²) < 4.78 is 3.36. The molecule has 0 saturated carbocycles. The first-order chi connectivity index (χ1) is 13.5. The molecule has 0 radical (unpaired) electrons. The van der Waals surface area contributed by atoms with Crippen LogP contribution in [0.3, 0.4) is 0 Å². The third kappa shape index (κ3) is 3.64. The van der Waals surface area contributed by atoms with Crippen LogP contribution in [0.15, 0.2) is 63.1 Å². The third-order valence-corrected chi connectivity index (χ3v) is 5.88. The lowest BCUT2D eigenvalue weighted by atomic mass is 10.2. The molecule has 0 aliphatic rings. The maximum atomic E-state index is 12.3. The molecule has 0 unspecified atom stereocenters. The molecule has 4 aromatic rings. The van der Waals surface area contributed by atoms with Crippen molar-refractivity contribution in [1.29, 1.82) is 0 Å². The molecule has 1 amide bonds. The van der Waals surface area contributed by atoms with Crippen LogP contribution in [-0.4, -0.2) is 38.9 Å². The Labute approximate surface area is 169 Å². The predicted octanol–water partition coefficient (Wildman–Crippen LogP) is 5.47. The van der Waals surface area contributed by atoms with Gasteiger partial charge in [0.25, 0.3) is 0 Å². The molecule has 0 aliphatic carbocycles. The van der Waals surface area contributed by atoms with E-state index in [-0.39, 0.29) is 11.6 Å². The van der Waals surface area contributed by atoms with Crippen LogP contribution in [0, 0.1) is 0 Å². The second-order valence-corrected chi connectivity index (χ2v) is 8.58. The molecule has 0 fully saturated rings. The topological polar surface area (TPSA) is 83.1 Å². The van der Waals surface area contributed by atoms with Crippen LogP contribution in [-0.2, 0) is 6.67 Å². The van der Waals surface area contributed by atoms with E-state index in [0.717, 1.165) is 32.9 Å². The summed E-state index contributed by atoms with van der Waals surface area (Å²) in [6.07, 6.45) is 0. The van der Waals surface area contributed by atoms with Crippen molar-refractivity contribution < 1.29 is 9.90 Å². The lowest BCUT2D eigenvalue weighted by molar-refractivity contribution is 0.266. The average molecular weight is 412 g/mol. The molecule has 0 bridgehead atoms. The number of hydrogen-bond donors (Lipinski definition) is 1. The first-order valence-corrected chi connectivity index (χ1v) is 10.1. The van der Waals surface area contributed by atoms with E-state index in [9.17, 15) is 9.90 Å². The molecule has 4 rings (SSSR count). The van der Waals surface area contributed by atoms with Gasteiger partial charge in [-0.05, 0) is 32.3 Å². The maximum Gasteiger partial charge on any atom is 0.330 e. The van der Waals surface area contributed by atoms with Crippen molar-refractivity contribution in [3.05, 3.63) is 48.5 Å². The van der Waals surface area contributed by atoms with Crippen LogP contribution in [0.2, 0.25) is 0 Å². The summed E-state index contributed by atoms with van der Waals surface area (Å²) in [5, 5.41) is 18.7. The van der Waals surface area contributed by atoms with Gasteiger partial charge in [0, 0.05) is 17.1 Å². The number of para-hydroxylation sites is 2. The number of carbonyl (C=O) groups excluding carboxylic acids is 1. The Hall–Kier alpha value is -2.75. The SMILES string of the molecule is CN(C)Cn1c(O)c(N=NC(=O)Sc2nc3ccccc3s2)c2ccccc21. The molecule has 7 nitrogen and oxygen atoms in total. The van der Waals surface area contributed by atoms with Crippen molar-refractivity contribution in [2.45, 2.75) is 11.0 Å². The lowest BCUT2D eigenvalue weighted by Crippen LogP contribution is -2.16. The monoisotopic (exact) mass is 411 g/mol. The Balaban J connectivity index is 1.61. The number of thioether (sulfide) groups is 1. The lowest BCUT2D eigenvalue weighted by Gasteiger charge is -2.12. The zero-order chi connectivity index (χ0) is 19.7. The Morgan fingerprint density at radius 3 is 2.75 bits per heavy atom. The van der Waals surface area contributed by atoms with E-state index in [0.29, 0.717) is 11.0 Å². The van der Waals surface area contributed by atoms with Crippen molar-refractivity contribution in [3.63, 3.8) is 0 Å². The van der Waals surface area contributed by atoms with Gasteiger partial charge in [-0.25, -0.2) is 4.98 Å². The summed E-state index contributed by atoms with van der Waals surface area (Å²) in [6, 6.07) is 15.2. The quantitative estimate of drug-likeness (QED) is 0.355. The highest BCUT2D eigenvalue weighted by atomic mass is 32.2. The van der Waals surface area contributed by atoms with E-state index in [1.54, 1.807) is 4.57 Å². The predicted molar refractivity (Wildman–Crippen MR) is 113 cm³/mol. The van der Waals surface area contributed by atoms with E-state index in [1.807, 2.05) is 67.5 Å². The first kappa shape index (κ1) is 18.6. The smallest absolute Gasteiger partial charge is 0.330 e. The van der Waals surface area contributed by atoms with Gasteiger partial charge in [0.2, 0.25) is 5.88 Å². The van der Waals surface area contributed by atoms with E-state index in [2.05, 4.69) is 15.2 Å². The van der Waals surface area contributed by atoms with E-state index in [1.165, 1.54) is 11.3 Å². The third-order valence-electron chi connectivity index (χ3n) is 4.02. The summed E-state index contributed by atoms with van der Waals surface area (Å²) in [7, 11) is 3.82. The summed E-state index contributed by atoms with van der Waals surface area (Å²) in [5.41, 5.74) is 1.97. The number of nitrogens with zero attached hydrogens (tertiary/aromatic N) is 5. The number of aromatic hydroxyl groups is 1. The number of aromatic nitrogens is 2. The Morgan fingerprint density at radius 1 is 1.21 bits per heavy atom. The van der Waals surface area contributed by atoms with Gasteiger partial charge < -0.3 is 5.11 Å². The number of fused-ring (bicyclic) bond motifs is 2. The van der Waals surface area contributed by atoms with Crippen LogP contribution >= 0.6 is 23.1 Å². The molecule has 142 valence electrons. The van der Waals surface area contributed by atoms with Gasteiger partial charge in [-0.2, -0.15) is 0 Å². The normalized spacial score (nSPS) is 12.0. The van der Waals surface area contributed by atoms with E-state index in [4.69, 9.17) is 0 Å². The number of benzene rings is 2. The molecule has 0 saturated heterocycles. The molecule has 0 atom stereocenters. The van der Waals surface area contributed by atoms with Crippen LogP contribution in [0.25, 0.3) is 21.1 Å². The molecule has 9 heteroatoms. The Morgan fingerprint density at radius 2 is 1.96 bits per heavy atom. The van der Waals surface area contributed by atoms with Crippen molar-refractivity contribution in [1.82, 2.24) is 14.5 Å². The zero-order valence-electron chi connectivity index (χ0n) is 15.2.